The van der Waals surface area contributed by atoms with E-state index in [1.54, 1.807) is 32.4 Å². The Morgan fingerprint density at radius 1 is 1.18 bits per heavy atom. The topological polar surface area (TPSA) is 86.5 Å². The van der Waals surface area contributed by atoms with E-state index in [2.05, 4.69) is 15.5 Å². The normalized spacial score (nSPS) is 11.7. The summed E-state index contributed by atoms with van der Waals surface area (Å²) in [4.78, 5) is 17.7. The molecule has 8 heteroatoms. The maximum absolute atomic E-state index is 12.3. The van der Waals surface area contributed by atoms with E-state index in [1.807, 2.05) is 37.3 Å². The lowest BCUT2D eigenvalue weighted by Gasteiger charge is -2.10. The number of amides is 1. The summed E-state index contributed by atoms with van der Waals surface area (Å²) >= 11 is 1.49. The molecule has 0 aliphatic heterocycles. The third kappa shape index (κ3) is 4.83. The summed E-state index contributed by atoms with van der Waals surface area (Å²) in [6.45, 7) is 2.01. The largest absolute Gasteiger partial charge is 0.497 e. The van der Waals surface area contributed by atoms with Crippen molar-refractivity contribution in [1.82, 2.24) is 15.5 Å². The van der Waals surface area contributed by atoms with Gasteiger partial charge < -0.3 is 19.3 Å². The Morgan fingerprint density at radius 3 is 2.68 bits per heavy atom. The van der Waals surface area contributed by atoms with E-state index in [-0.39, 0.29) is 17.7 Å². The van der Waals surface area contributed by atoms with Gasteiger partial charge in [0, 0.05) is 11.0 Å². The molecule has 2 aromatic carbocycles. The van der Waals surface area contributed by atoms with Crippen LogP contribution in [-0.4, -0.2) is 35.5 Å². The average molecular weight is 399 g/mol. The van der Waals surface area contributed by atoms with Crippen LogP contribution < -0.4 is 14.8 Å². The number of nitrogens with zero attached hydrogens (tertiary/aromatic N) is 2. The van der Waals surface area contributed by atoms with Gasteiger partial charge in [-0.1, -0.05) is 23.4 Å². The molecule has 0 spiro atoms. The van der Waals surface area contributed by atoms with Crippen molar-refractivity contribution in [3.63, 3.8) is 0 Å². The first-order valence-corrected chi connectivity index (χ1v) is 9.53. The summed E-state index contributed by atoms with van der Waals surface area (Å²) < 4.78 is 15.8. The fraction of sp³-hybridized carbons (Fsp3) is 0.250. The SMILES string of the molecule is COc1ccc(-c2noc(CNC(=O)[C@@H](C)Sc3ccccc3)n2)c(OC)c1. The van der Waals surface area contributed by atoms with Gasteiger partial charge in [-0.05, 0) is 31.2 Å². The maximum Gasteiger partial charge on any atom is 0.246 e. The first kappa shape index (κ1) is 19.8. The Hall–Kier alpha value is -3.00. The first-order chi connectivity index (χ1) is 13.6. The molecule has 146 valence electrons. The fourth-order valence-corrected chi connectivity index (χ4v) is 3.40. The van der Waals surface area contributed by atoms with Gasteiger partial charge in [0.15, 0.2) is 0 Å². The van der Waals surface area contributed by atoms with Crippen molar-refractivity contribution in [2.75, 3.05) is 14.2 Å². The van der Waals surface area contributed by atoms with Crippen LogP contribution in [0, 0.1) is 0 Å². The Kier molecular flexibility index (Phi) is 6.54. The van der Waals surface area contributed by atoms with Crippen LogP contribution in [-0.2, 0) is 11.3 Å². The van der Waals surface area contributed by atoms with Crippen LogP contribution in [0.25, 0.3) is 11.4 Å². The van der Waals surface area contributed by atoms with Gasteiger partial charge in [-0.2, -0.15) is 4.98 Å². The van der Waals surface area contributed by atoms with E-state index in [4.69, 9.17) is 14.0 Å². The number of hydrogen-bond acceptors (Lipinski definition) is 7. The predicted octanol–water partition coefficient (Wildman–Crippen LogP) is 3.55. The summed E-state index contributed by atoms with van der Waals surface area (Å²) in [7, 11) is 3.14. The highest BCUT2D eigenvalue weighted by Gasteiger charge is 2.17. The number of rotatable bonds is 8. The van der Waals surface area contributed by atoms with Crippen LogP contribution in [0.1, 0.15) is 12.8 Å². The number of thioether (sulfide) groups is 1. The second-order valence-corrected chi connectivity index (χ2v) is 7.28. The van der Waals surface area contributed by atoms with Gasteiger partial charge in [-0.25, -0.2) is 0 Å². The molecule has 1 heterocycles. The minimum absolute atomic E-state index is 0.101. The molecule has 3 aromatic rings. The van der Waals surface area contributed by atoms with Crippen LogP contribution in [0.2, 0.25) is 0 Å². The van der Waals surface area contributed by atoms with Crippen LogP contribution in [0.5, 0.6) is 11.5 Å². The van der Waals surface area contributed by atoms with Crippen LogP contribution in [0.4, 0.5) is 0 Å². The summed E-state index contributed by atoms with van der Waals surface area (Å²) in [5.41, 5.74) is 0.678. The molecule has 1 atom stereocenters. The Bertz CT molecular complexity index is 930. The highest BCUT2D eigenvalue weighted by atomic mass is 32.2. The van der Waals surface area contributed by atoms with E-state index < -0.39 is 0 Å². The van der Waals surface area contributed by atoms with Crippen LogP contribution in [0.15, 0.2) is 57.9 Å². The van der Waals surface area contributed by atoms with Gasteiger partial charge in [-0.15, -0.1) is 11.8 Å². The second kappa shape index (κ2) is 9.27. The van der Waals surface area contributed by atoms with Crippen molar-refractivity contribution in [3.8, 4) is 22.9 Å². The van der Waals surface area contributed by atoms with Gasteiger partial charge in [-0.3, -0.25) is 4.79 Å². The molecule has 0 bridgehead atoms. The van der Waals surface area contributed by atoms with Gasteiger partial charge >= 0.3 is 0 Å². The number of carbonyl (C=O) groups is 1. The molecule has 0 radical (unpaired) electrons. The molecule has 0 aliphatic rings. The van der Waals surface area contributed by atoms with E-state index >= 15 is 0 Å². The third-order valence-electron chi connectivity index (χ3n) is 3.96. The maximum atomic E-state index is 12.3. The van der Waals surface area contributed by atoms with Gasteiger partial charge in [0.25, 0.3) is 0 Å². The number of carbonyl (C=O) groups excluding carboxylic acids is 1. The highest BCUT2D eigenvalue weighted by molar-refractivity contribution is 8.00. The molecule has 1 N–H and O–H groups in total. The number of aromatic nitrogens is 2. The molecule has 7 nitrogen and oxygen atoms in total. The van der Waals surface area contributed by atoms with E-state index in [0.717, 1.165) is 4.90 Å². The third-order valence-corrected chi connectivity index (χ3v) is 5.07. The Labute approximate surface area is 167 Å². The Balaban J connectivity index is 1.61. The van der Waals surface area contributed by atoms with Gasteiger partial charge in [0.05, 0.1) is 31.6 Å². The minimum atomic E-state index is -0.244. The second-order valence-electron chi connectivity index (χ2n) is 5.87. The van der Waals surface area contributed by atoms with Crippen molar-refractivity contribution in [2.45, 2.75) is 23.6 Å². The van der Waals surface area contributed by atoms with Crippen molar-refractivity contribution in [1.29, 1.82) is 0 Å². The summed E-state index contributed by atoms with van der Waals surface area (Å²) in [6, 6.07) is 15.1. The highest BCUT2D eigenvalue weighted by Crippen LogP contribution is 2.31. The predicted molar refractivity (Wildman–Crippen MR) is 106 cm³/mol. The van der Waals surface area contributed by atoms with Crippen molar-refractivity contribution in [3.05, 3.63) is 54.4 Å². The lowest BCUT2D eigenvalue weighted by atomic mass is 10.2. The molecule has 1 amide bonds. The number of ether oxygens (including phenoxy) is 2. The zero-order chi connectivity index (χ0) is 19.9. The molecule has 0 fully saturated rings. The standard InChI is InChI=1S/C20H21N3O4S/c1-13(28-15-7-5-4-6-8-15)20(24)21-12-18-22-19(23-27-18)16-10-9-14(25-2)11-17(16)26-3/h4-11,13H,12H2,1-3H3,(H,21,24)/t13-/m1/s1. The van der Waals surface area contributed by atoms with Crippen LogP contribution >= 0.6 is 11.8 Å². The molecule has 0 unspecified atom stereocenters. The summed E-state index contributed by atoms with van der Waals surface area (Å²) in [5.74, 6) is 1.84. The van der Waals surface area contributed by atoms with E-state index in [0.29, 0.717) is 28.8 Å². The number of methoxy groups -OCH3 is 2. The Morgan fingerprint density at radius 2 is 1.96 bits per heavy atom. The monoisotopic (exact) mass is 399 g/mol. The molecule has 0 aliphatic carbocycles. The molecule has 28 heavy (non-hydrogen) atoms. The van der Waals surface area contributed by atoms with Crippen LogP contribution in [0.3, 0.4) is 0 Å². The minimum Gasteiger partial charge on any atom is -0.497 e. The number of benzene rings is 2. The van der Waals surface area contributed by atoms with Crippen molar-refractivity contribution in [2.24, 2.45) is 0 Å². The van der Waals surface area contributed by atoms with Crippen molar-refractivity contribution < 1.29 is 18.8 Å². The fourth-order valence-electron chi connectivity index (χ4n) is 2.48. The lowest BCUT2D eigenvalue weighted by molar-refractivity contribution is -0.120. The quantitative estimate of drug-likeness (QED) is 0.580. The molecular formula is C20H21N3O4S. The summed E-state index contributed by atoms with van der Waals surface area (Å²) in [6.07, 6.45) is 0. The molecular weight excluding hydrogens is 378 g/mol. The molecule has 3 rings (SSSR count). The zero-order valence-corrected chi connectivity index (χ0v) is 16.7. The smallest absolute Gasteiger partial charge is 0.246 e. The number of nitrogens with one attached hydrogen (secondary N) is 1. The average Bonchev–Trinajstić information content (AvgIpc) is 3.21. The van der Waals surface area contributed by atoms with Crippen molar-refractivity contribution >= 4 is 17.7 Å². The number of hydrogen-bond donors (Lipinski definition) is 1. The zero-order valence-electron chi connectivity index (χ0n) is 15.8. The van der Waals surface area contributed by atoms with Gasteiger partial charge in [0.2, 0.25) is 17.6 Å². The molecule has 0 saturated heterocycles. The molecule has 1 aromatic heterocycles. The first-order valence-electron chi connectivity index (χ1n) is 8.65. The summed E-state index contributed by atoms with van der Waals surface area (Å²) in [5, 5.41) is 6.56. The van der Waals surface area contributed by atoms with Gasteiger partial charge in [0.1, 0.15) is 11.5 Å². The molecule has 0 saturated carbocycles. The lowest BCUT2D eigenvalue weighted by Crippen LogP contribution is -2.30. The van der Waals surface area contributed by atoms with E-state index in [9.17, 15) is 4.79 Å². The van der Waals surface area contributed by atoms with E-state index in [1.165, 1.54) is 11.8 Å².